The maximum Gasteiger partial charge on any atom is 0.225 e. The molecule has 2 heterocycles. The molecular formula is C20H28IN5OS. The molecule has 0 radical (unpaired) electrons. The van der Waals surface area contributed by atoms with Gasteiger partial charge >= 0.3 is 0 Å². The molecule has 0 spiro atoms. The molecule has 1 aliphatic rings. The largest absolute Gasteiger partial charge is 0.357 e. The summed E-state index contributed by atoms with van der Waals surface area (Å²) in [5, 5.41) is 12.9. The van der Waals surface area contributed by atoms with Crippen molar-refractivity contribution in [1.82, 2.24) is 15.6 Å². The van der Waals surface area contributed by atoms with Gasteiger partial charge in [0.05, 0.1) is 17.2 Å². The fraction of sp³-hybridized carbons (Fsp3) is 0.450. The van der Waals surface area contributed by atoms with Gasteiger partial charge in [-0.25, -0.2) is 4.98 Å². The summed E-state index contributed by atoms with van der Waals surface area (Å²) < 4.78 is 0. The van der Waals surface area contributed by atoms with Crippen LogP contribution in [0.4, 0.5) is 5.69 Å². The van der Waals surface area contributed by atoms with E-state index >= 15 is 0 Å². The summed E-state index contributed by atoms with van der Waals surface area (Å²) in [5.74, 6) is 0.949. The molecule has 0 saturated carbocycles. The smallest absolute Gasteiger partial charge is 0.225 e. The number of carbonyl (C=O) groups is 1. The number of carbonyl (C=O) groups excluding carboxylic acids is 1. The Morgan fingerprint density at radius 1 is 1.32 bits per heavy atom. The number of para-hydroxylation sites is 1. The normalized spacial score (nSPS) is 16.0. The van der Waals surface area contributed by atoms with Crippen molar-refractivity contribution in [2.75, 3.05) is 25.0 Å². The van der Waals surface area contributed by atoms with Crippen LogP contribution in [0.25, 0.3) is 0 Å². The SMILES string of the molecule is CCNC(=NCC1CC(=O)Nc2ccccc21)NCCc1csc(CC)n1.I. The number of nitrogens with zero attached hydrogens (tertiary/aromatic N) is 2. The van der Waals surface area contributed by atoms with E-state index in [1.807, 2.05) is 18.2 Å². The first-order valence-corrected chi connectivity index (χ1v) is 10.4. The van der Waals surface area contributed by atoms with Crippen molar-refractivity contribution in [2.24, 2.45) is 4.99 Å². The number of fused-ring (bicyclic) bond motifs is 1. The third-order valence-electron chi connectivity index (χ3n) is 4.50. The Labute approximate surface area is 187 Å². The monoisotopic (exact) mass is 513 g/mol. The van der Waals surface area contributed by atoms with Crippen LogP contribution in [0.1, 0.15) is 42.5 Å². The second-order valence-electron chi connectivity index (χ2n) is 6.52. The van der Waals surface area contributed by atoms with Gasteiger partial charge in [0.2, 0.25) is 5.91 Å². The summed E-state index contributed by atoms with van der Waals surface area (Å²) in [4.78, 5) is 21.3. The van der Waals surface area contributed by atoms with Gasteiger partial charge in [-0.1, -0.05) is 25.1 Å². The number of aryl methyl sites for hydroxylation is 1. The van der Waals surface area contributed by atoms with Crippen molar-refractivity contribution < 1.29 is 4.79 Å². The summed E-state index contributed by atoms with van der Waals surface area (Å²) in [6.07, 6.45) is 2.33. The molecule has 0 bridgehead atoms. The van der Waals surface area contributed by atoms with E-state index in [4.69, 9.17) is 4.99 Å². The van der Waals surface area contributed by atoms with E-state index in [-0.39, 0.29) is 35.8 Å². The number of rotatable bonds is 7. The van der Waals surface area contributed by atoms with Crippen molar-refractivity contribution in [2.45, 2.75) is 39.0 Å². The summed E-state index contributed by atoms with van der Waals surface area (Å²) in [6.45, 7) is 6.33. The number of benzene rings is 1. The predicted molar refractivity (Wildman–Crippen MR) is 127 cm³/mol. The van der Waals surface area contributed by atoms with Crippen LogP contribution in [0.5, 0.6) is 0 Å². The second-order valence-corrected chi connectivity index (χ2v) is 7.46. The van der Waals surface area contributed by atoms with Gasteiger partial charge in [0.1, 0.15) is 0 Å². The van der Waals surface area contributed by atoms with Crippen molar-refractivity contribution in [3.63, 3.8) is 0 Å². The Morgan fingerprint density at radius 2 is 2.14 bits per heavy atom. The summed E-state index contributed by atoms with van der Waals surface area (Å²) in [6, 6.07) is 7.97. The maximum absolute atomic E-state index is 12.0. The van der Waals surface area contributed by atoms with E-state index in [0.717, 1.165) is 48.8 Å². The highest BCUT2D eigenvalue weighted by atomic mass is 127. The lowest BCUT2D eigenvalue weighted by molar-refractivity contribution is -0.116. The average molecular weight is 513 g/mol. The van der Waals surface area contributed by atoms with Crippen molar-refractivity contribution in [3.05, 3.63) is 45.9 Å². The van der Waals surface area contributed by atoms with Crippen LogP contribution in [0.15, 0.2) is 34.6 Å². The first kappa shape index (κ1) is 22.6. The molecule has 0 fully saturated rings. The van der Waals surface area contributed by atoms with Gasteiger partial charge in [-0.3, -0.25) is 9.79 Å². The minimum atomic E-state index is 0. The molecule has 1 aromatic heterocycles. The average Bonchev–Trinajstić information content (AvgIpc) is 3.13. The molecule has 3 rings (SSSR count). The zero-order chi connectivity index (χ0) is 19.1. The first-order chi connectivity index (χ1) is 13.2. The molecule has 28 heavy (non-hydrogen) atoms. The number of anilines is 1. The fourth-order valence-corrected chi connectivity index (χ4v) is 3.92. The molecule has 1 unspecified atom stereocenters. The van der Waals surface area contributed by atoms with Gasteiger partial charge in [-0.05, 0) is 25.0 Å². The van der Waals surface area contributed by atoms with Gasteiger partial charge in [0, 0.05) is 42.9 Å². The molecule has 6 nitrogen and oxygen atoms in total. The lowest BCUT2D eigenvalue weighted by Crippen LogP contribution is -2.39. The highest BCUT2D eigenvalue weighted by Gasteiger charge is 2.24. The Morgan fingerprint density at radius 3 is 2.89 bits per heavy atom. The molecule has 3 N–H and O–H groups in total. The number of hydrogen-bond donors (Lipinski definition) is 3. The molecule has 1 amide bonds. The Bertz CT molecular complexity index is 807. The van der Waals surface area contributed by atoms with Crippen LogP contribution < -0.4 is 16.0 Å². The Balaban J connectivity index is 0.00000280. The lowest BCUT2D eigenvalue weighted by Gasteiger charge is -2.24. The van der Waals surface area contributed by atoms with Crippen molar-refractivity contribution in [1.29, 1.82) is 0 Å². The van der Waals surface area contributed by atoms with Crippen LogP contribution in [0.3, 0.4) is 0 Å². The van der Waals surface area contributed by atoms with E-state index < -0.39 is 0 Å². The van der Waals surface area contributed by atoms with E-state index in [1.54, 1.807) is 11.3 Å². The lowest BCUT2D eigenvalue weighted by atomic mass is 9.91. The molecular weight excluding hydrogens is 485 g/mol. The van der Waals surface area contributed by atoms with Crippen molar-refractivity contribution >= 4 is 52.9 Å². The maximum atomic E-state index is 12.0. The quantitative estimate of drug-likeness (QED) is 0.301. The van der Waals surface area contributed by atoms with E-state index in [1.165, 1.54) is 5.01 Å². The Kier molecular flexibility index (Phi) is 9.17. The molecule has 0 aliphatic carbocycles. The molecule has 2 aromatic rings. The highest BCUT2D eigenvalue weighted by Crippen LogP contribution is 2.31. The minimum Gasteiger partial charge on any atom is -0.357 e. The topological polar surface area (TPSA) is 78.4 Å². The number of aromatic nitrogens is 1. The number of nitrogens with one attached hydrogen (secondary N) is 3. The number of hydrogen-bond acceptors (Lipinski definition) is 4. The third-order valence-corrected chi connectivity index (χ3v) is 5.54. The van der Waals surface area contributed by atoms with Gasteiger partial charge in [-0.2, -0.15) is 0 Å². The van der Waals surface area contributed by atoms with E-state index in [0.29, 0.717) is 13.0 Å². The molecule has 1 aliphatic heterocycles. The van der Waals surface area contributed by atoms with E-state index in [9.17, 15) is 4.79 Å². The summed E-state index contributed by atoms with van der Waals surface area (Å²) >= 11 is 1.72. The molecule has 8 heteroatoms. The third kappa shape index (κ3) is 6.16. The van der Waals surface area contributed by atoms with Crippen LogP contribution in [0, 0.1) is 0 Å². The van der Waals surface area contributed by atoms with Gasteiger partial charge in [-0.15, -0.1) is 35.3 Å². The zero-order valence-electron chi connectivity index (χ0n) is 16.3. The van der Waals surface area contributed by atoms with Crippen LogP contribution >= 0.6 is 35.3 Å². The minimum absolute atomic E-state index is 0. The summed E-state index contributed by atoms with van der Waals surface area (Å²) in [5.41, 5.74) is 3.19. The molecule has 1 aromatic carbocycles. The zero-order valence-corrected chi connectivity index (χ0v) is 19.5. The van der Waals surface area contributed by atoms with Crippen LogP contribution in [0.2, 0.25) is 0 Å². The van der Waals surface area contributed by atoms with Gasteiger partial charge < -0.3 is 16.0 Å². The molecule has 1 atom stereocenters. The van der Waals surface area contributed by atoms with E-state index in [2.05, 4.69) is 46.2 Å². The molecule has 0 saturated heterocycles. The Hall–Kier alpha value is -1.68. The highest BCUT2D eigenvalue weighted by molar-refractivity contribution is 14.0. The number of aliphatic imine (C=N–C) groups is 1. The van der Waals surface area contributed by atoms with Crippen LogP contribution in [-0.4, -0.2) is 36.5 Å². The van der Waals surface area contributed by atoms with Gasteiger partial charge in [0.25, 0.3) is 0 Å². The molecule has 152 valence electrons. The number of halogens is 1. The predicted octanol–water partition coefficient (Wildman–Crippen LogP) is 3.55. The first-order valence-electron chi connectivity index (χ1n) is 9.53. The standard InChI is InChI=1S/C20H27N5OS.HI/c1-3-19-24-15(13-27-19)9-10-22-20(21-4-2)23-12-14-11-18(26)25-17-8-6-5-7-16(14)17;/h5-8,13-14H,3-4,9-12H2,1-2H3,(H,25,26)(H2,21,22,23);1H. The number of guanidine groups is 1. The number of amides is 1. The van der Waals surface area contributed by atoms with Gasteiger partial charge in [0.15, 0.2) is 5.96 Å². The number of thiazole rings is 1. The van der Waals surface area contributed by atoms with Crippen molar-refractivity contribution in [3.8, 4) is 0 Å². The van der Waals surface area contributed by atoms with Crippen LogP contribution in [-0.2, 0) is 17.6 Å². The second kappa shape index (κ2) is 11.4. The summed E-state index contributed by atoms with van der Waals surface area (Å²) in [7, 11) is 0. The fourth-order valence-electron chi connectivity index (χ4n) is 3.14.